The molecule has 4 aromatic rings. The van der Waals surface area contributed by atoms with Gasteiger partial charge in [-0.05, 0) is 54.8 Å². The van der Waals surface area contributed by atoms with Gasteiger partial charge in [-0.25, -0.2) is 9.78 Å². The Balaban J connectivity index is 1.48. The van der Waals surface area contributed by atoms with Crippen LogP contribution in [0.15, 0.2) is 78.9 Å². The van der Waals surface area contributed by atoms with E-state index >= 15 is 0 Å². The topological polar surface area (TPSA) is 71.9 Å². The zero-order valence-electron chi connectivity index (χ0n) is 19.1. The van der Waals surface area contributed by atoms with Crippen LogP contribution in [-0.4, -0.2) is 35.3 Å². The number of thiazole rings is 1. The number of rotatable bonds is 12. The van der Waals surface area contributed by atoms with Crippen LogP contribution in [0.4, 0.5) is 5.13 Å². The molecular formula is C27H28N2O4S. The van der Waals surface area contributed by atoms with E-state index in [-0.39, 0.29) is 0 Å². The number of carboxylic acids is 1. The van der Waals surface area contributed by atoms with Crippen LogP contribution >= 0.6 is 11.3 Å². The first-order valence-electron chi connectivity index (χ1n) is 11.4. The van der Waals surface area contributed by atoms with Crippen LogP contribution in [0, 0.1) is 0 Å². The summed E-state index contributed by atoms with van der Waals surface area (Å²) in [5.74, 6) is 0.466. The molecule has 6 nitrogen and oxygen atoms in total. The van der Waals surface area contributed by atoms with Crippen molar-refractivity contribution in [3.05, 3.63) is 84.4 Å². The molecule has 0 bridgehead atoms. The third kappa shape index (κ3) is 6.26. The number of hydrogen-bond donors (Lipinski definition) is 1. The fourth-order valence-electron chi connectivity index (χ4n) is 3.61. The Morgan fingerprint density at radius 2 is 1.79 bits per heavy atom. The Morgan fingerprint density at radius 3 is 2.56 bits per heavy atom. The highest BCUT2D eigenvalue weighted by molar-refractivity contribution is 7.22. The van der Waals surface area contributed by atoms with Crippen molar-refractivity contribution < 1.29 is 19.4 Å². The summed E-state index contributed by atoms with van der Waals surface area (Å²) in [6, 6.07) is 25.6. The van der Waals surface area contributed by atoms with E-state index in [4.69, 9.17) is 14.5 Å². The second kappa shape index (κ2) is 11.5. The predicted octanol–water partition coefficient (Wildman–Crippen LogP) is 6.01. The molecule has 0 amide bonds. The van der Waals surface area contributed by atoms with Gasteiger partial charge in [0.1, 0.15) is 11.5 Å². The van der Waals surface area contributed by atoms with Crippen molar-refractivity contribution in [3.63, 3.8) is 0 Å². The fourth-order valence-corrected chi connectivity index (χ4v) is 4.60. The van der Waals surface area contributed by atoms with Crippen LogP contribution in [0.1, 0.15) is 25.3 Å². The maximum atomic E-state index is 11.4. The van der Waals surface area contributed by atoms with Crippen molar-refractivity contribution in [2.24, 2.45) is 0 Å². The van der Waals surface area contributed by atoms with Gasteiger partial charge < -0.3 is 19.5 Å². The zero-order valence-corrected chi connectivity index (χ0v) is 19.9. The molecule has 0 aliphatic heterocycles. The normalized spacial score (nSPS) is 11.8. The number of carbonyl (C=O) groups is 1. The molecule has 0 spiro atoms. The van der Waals surface area contributed by atoms with E-state index in [2.05, 4.69) is 11.0 Å². The van der Waals surface area contributed by atoms with Crippen molar-refractivity contribution in [3.8, 4) is 11.5 Å². The lowest BCUT2D eigenvalue weighted by Gasteiger charge is -2.22. The minimum atomic E-state index is -0.956. The van der Waals surface area contributed by atoms with Crippen LogP contribution in [0.2, 0.25) is 0 Å². The second-order valence-electron chi connectivity index (χ2n) is 7.90. The number of anilines is 1. The Morgan fingerprint density at radius 1 is 1.03 bits per heavy atom. The van der Waals surface area contributed by atoms with Crippen molar-refractivity contribution >= 4 is 32.7 Å². The highest BCUT2D eigenvalue weighted by Crippen LogP contribution is 2.30. The van der Waals surface area contributed by atoms with Crippen LogP contribution in [0.5, 0.6) is 11.5 Å². The van der Waals surface area contributed by atoms with Gasteiger partial charge in [0.05, 0.1) is 16.8 Å². The molecule has 4 rings (SSSR count). The Labute approximate surface area is 203 Å². The monoisotopic (exact) mass is 476 g/mol. The summed E-state index contributed by atoms with van der Waals surface area (Å²) in [6.45, 7) is 3.80. The largest absolute Gasteiger partial charge is 0.494 e. The van der Waals surface area contributed by atoms with Gasteiger partial charge in [0.2, 0.25) is 0 Å². The molecule has 34 heavy (non-hydrogen) atoms. The maximum absolute atomic E-state index is 11.4. The number of fused-ring (bicyclic) bond motifs is 1. The minimum Gasteiger partial charge on any atom is -0.494 e. The summed E-state index contributed by atoms with van der Waals surface area (Å²) in [5, 5.41) is 10.3. The number of para-hydroxylation sites is 2. The summed E-state index contributed by atoms with van der Waals surface area (Å²) >= 11 is 1.67. The molecule has 1 atom stereocenters. The molecule has 0 saturated heterocycles. The molecule has 0 aliphatic carbocycles. The lowest BCUT2D eigenvalue weighted by atomic mass is 10.2. The van der Waals surface area contributed by atoms with Crippen molar-refractivity contribution in [1.29, 1.82) is 0 Å². The first-order valence-corrected chi connectivity index (χ1v) is 12.2. The van der Waals surface area contributed by atoms with Crippen LogP contribution in [-0.2, 0) is 11.3 Å². The molecule has 1 heterocycles. The molecule has 1 unspecified atom stereocenters. The smallest absolute Gasteiger partial charge is 0.344 e. The summed E-state index contributed by atoms with van der Waals surface area (Å²) in [7, 11) is 0. The van der Waals surface area contributed by atoms with E-state index in [1.807, 2.05) is 66.7 Å². The molecule has 176 valence electrons. The van der Waals surface area contributed by atoms with Crippen LogP contribution in [0.25, 0.3) is 10.2 Å². The molecule has 0 saturated carbocycles. The molecule has 1 aromatic heterocycles. The minimum absolute atomic E-state index is 0.402. The van der Waals surface area contributed by atoms with Gasteiger partial charge in [0.15, 0.2) is 11.2 Å². The molecule has 3 aromatic carbocycles. The molecule has 0 aliphatic rings. The van der Waals surface area contributed by atoms with Gasteiger partial charge in [-0.15, -0.1) is 0 Å². The average Bonchev–Trinajstić information content (AvgIpc) is 3.29. The number of carboxylic acid groups (broad SMARTS) is 1. The summed E-state index contributed by atoms with van der Waals surface area (Å²) in [5.41, 5.74) is 2.01. The van der Waals surface area contributed by atoms with Crippen molar-refractivity contribution in [2.45, 2.75) is 32.4 Å². The SMILES string of the molecule is CCC(Oc1cccc(CN(CCCOc2ccccc2)c2nc3ccccc3s2)c1)C(=O)O. The Hall–Kier alpha value is -3.58. The third-order valence-electron chi connectivity index (χ3n) is 5.33. The van der Waals surface area contributed by atoms with E-state index in [9.17, 15) is 9.90 Å². The van der Waals surface area contributed by atoms with Crippen LogP contribution in [0.3, 0.4) is 0 Å². The van der Waals surface area contributed by atoms with Gasteiger partial charge in [-0.3, -0.25) is 0 Å². The number of nitrogens with zero attached hydrogens (tertiary/aromatic N) is 2. The number of aromatic nitrogens is 1. The molecule has 1 N–H and O–H groups in total. The number of aliphatic carboxylic acids is 1. The van der Waals surface area contributed by atoms with Crippen LogP contribution < -0.4 is 14.4 Å². The highest BCUT2D eigenvalue weighted by Gasteiger charge is 2.18. The Kier molecular flexibility index (Phi) is 7.99. The quantitative estimate of drug-likeness (QED) is 0.252. The van der Waals surface area contributed by atoms with E-state index in [0.29, 0.717) is 25.3 Å². The van der Waals surface area contributed by atoms with Crippen molar-refractivity contribution in [2.75, 3.05) is 18.1 Å². The predicted molar refractivity (Wildman–Crippen MR) is 136 cm³/mol. The van der Waals surface area contributed by atoms with E-state index in [1.54, 1.807) is 24.3 Å². The number of ether oxygens (including phenoxy) is 2. The fraction of sp³-hybridized carbons (Fsp3) is 0.259. The summed E-state index contributed by atoms with van der Waals surface area (Å²) in [6.07, 6.45) is 0.377. The standard InChI is InChI=1S/C27H28N2O4S/c1-2-24(26(30)31)33-22-13-8-10-20(18-22)19-29(16-9-17-32-21-11-4-3-5-12-21)27-28-23-14-6-7-15-25(23)34-27/h3-8,10-15,18,24H,2,9,16-17,19H2,1H3,(H,30,31). The summed E-state index contributed by atoms with van der Waals surface area (Å²) < 4.78 is 12.7. The van der Waals surface area contributed by atoms with Gasteiger partial charge in [-0.2, -0.15) is 0 Å². The lowest BCUT2D eigenvalue weighted by Crippen LogP contribution is -2.26. The second-order valence-corrected chi connectivity index (χ2v) is 8.91. The lowest BCUT2D eigenvalue weighted by molar-refractivity contribution is -0.145. The summed E-state index contributed by atoms with van der Waals surface area (Å²) in [4.78, 5) is 18.5. The average molecular weight is 477 g/mol. The zero-order chi connectivity index (χ0) is 23.8. The first kappa shape index (κ1) is 23.6. The highest BCUT2D eigenvalue weighted by atomic mass is 32.1. The van der Waals surface area contributed by atoms with Gasteiger partial charge in [0, 0.05) is 13.1 Å². The molecule has 0 radical (unpaired) electrons. The third-order valence-corrected chi connectivity index (χ3v) is 6.43. The molecular weight excluding hydrogens is 448 g/mol. The Bertz CT molecular complexity index is 1180. The first-order chi connectivity index (χ1) is 16.6. The molecule has 7 heteroatoms. The van der Waals surface area contributed by atoms with Gasteiger partial charge in [0.25, 0.3) is 0 Å². The molecule has 0 fully saturated rings. The van der Waals surface area contributed by atoms with Crippen molar-refractivity contribution in [1.82, 2.24) is 4.98 Å². The number of hydrogen-bond acceptors (Lipinski definition) is 6. The van der Waals surface area contributed by atoms with E-state index in [1.165, 1.54) is 0 Å². The number of benzene rings is 3. The maximum Gasteiger partial charge on any atom is 0.344 e. The van der Waals surface area contributed by atoms with Gasteiger partial charge >= 0.3 is 5.97 Å². The van der Waals surface area contributed by atoms with E-state index in [0.717, 1.165) is 39.6 Å². The van der Waals surface area contributed by atoms with Gasteiger partial charge in [-0.1, -0.05) is 60.7 Å². The van der Waals surface area contributed by atoms with E-state index < -0.39 is 12.1 Å².